The van der Waals surface area contributed by atoms with Crippen molar-refractivity contribution in [3.63, 3.8) is 0 Å². The van der Waals surface area contributed by atoms with E-state index in [9.17, 15) is 0 Å². The van der Waals surface area contributed by atoms with Crippen LogP contribution in [0.4, 0.5) is 0 Å². The second-order valence-electron chi connectivity index (χ2n) is 3.03. The zero-order chi connectivity index (χ0) is 8.97. The van der Waals surface area contributed by atoms with Crippen LogP contribution in [0.25, 0.3) is 0 Å². The average molecular weight is 303 g/mol. The quantitative estimate of drug-likeness (QED) is 0.582. The summed E-state index contributed by atoms with van der Waals surface area (Å²) in [5.74, 6) is 0. The zero-order valence-electron chi connectivity index (χ0n) is 7.33. The van der Waals surface area contributed by atoms with Crippen molar-refractivity contribution >= 4 is 30.4 Å². The molecule has 0 saturated carbocycles. The molecule has 1 aliphatic rings. The molecule has 2 atom stereocenters. The van der Waals surface area contributed by atoms with E-state index in [0.29, 0.717) is 12.1 Å². The van der Waals surface area contributed by atoms with E-state index in [0.717, 1.165) is 19.6 Å². The third-order valence-corrected chi connectivity index (χ3v) is 3.28. The summed E-state index contributed by atoms with van der Waals surface area (Å²) in [7, 11) is 5.29. The zero-order valence-corrected chi connectivity index (χ0v) is 10.3. The minimum absolute atomic E-state index is 0.391. The number of ether oxygens (including phenoxy) is 1. The third kappa shape index (κ3) is 3.02. The first-order valence-corrected chi connectivity index (χ1v) is 7.19. The molecule has 0 N–H and O–H groups in total. The molecule has 72 valence electrons. The van der Waals surface area contributed by atoms with Gasteiger partial charge in [0.1, 0.15) is 0 Å². The first-order valence-electron chi connectivity index (χ1n) is 3.91. The van der Waals surface area contributed by atoms with Crippen LogP contribution in [0, 0.1) is 0 Å². The topological polar surface area (TPSA) is 21.7 Å². The number of hydrogen-bond donors (Lipinski definition) is 0. The summed E-state index contributed by atoms with van der Waals surface area (Å²) in [6.45, 7) is 1.82. The molecule has 0 aromatic rings. The van der Waals surface area contributed by atoms with Crippen molar-refractivity contribution in [2.75, 3.05) is 27.3 Å². The number of likely N-dealkylation sites (tertiary alicyclic amines) is 1. The number of likely N-dealkylation sites (N-methyl/N-ethyl adjacent to an activating group) is 1. The van der Waals surface area contributed by atoms with E-state index in [1.54, 1.807) is 7.11 Å². The molecule has 2 unspecified atom stereocenters. The van der Waals surface area contributed by atoms with Gasteiger partial charge in [-0.3, -0.25) is 4.90 Å². The standard InChI is InChI=1S/C7H14INO2S/c1-9-4-7(10-2)3-6(9)5-11-12-8/h6-7H,3-5H2,1-2H3. The fourth-order valence-corrected chi connectivity index (χ4v) is 2.15. The molecular formula is C7H14INO2S. The molecule has 1 fully saturated rings. The van der Waals surface area contributed by atoms with E-state index in [2.05, 4.69) is 33.2 Å². The van der Waals surface area contributed by atoms with Gasteiger partial charge in [-0.1, -0.05) is 0 Å². The molecule has 1 aliphatic heterocycles. The summed E-state index contributed by atoms with van der Waals surface area (Å²) in [5, 5.41) is 0. The van der Waals surface area contributed by atoms with Crippen LogP contribution in [-0.2, 0) is 8.92 Å². The summed E-state index contributed by atoms with van der Waals surface area (Å²) in [6.07, 6.45) is 1.48. The fourth-order valence-electron chi connectivity index (χ4n) is 1.50. The summed E-state index contributed by atoms with van der Waals surface area (Å²) in [5.41, 5.74) is 0. The highest BCUT2D eigenvalue weighted by Crippen LogP contribution is 2.21. The molecule has 0 spiro atoms. The Morgan fingerprint density at radius 3 is 2.92 bits per heavy atom. The maximum absolute atomic E-state index is 5.29. The van der Waals surface area contributed by atoms with Crippen LogP contribution < -0.4 is 0 Å². The lowest BCUT2D eigenvalue weighted by Gasteiger charge is -2.16. The van der Waals surface area contributed by atoms with E-state index in [1.165, 1.54) is 9.21 Å². The van der Waals surface area contributed by atoms with Gasteiger partial charge >= 0.3 is 0 Å². The number of rotatable bonds is 4. The van der Waals surface area contributed by atoms with Crippen molar-refractivity contribution in [3.8, 4) is 0 Å². The van der Waals surface area contributed by atoms with E-state index in [4.69, 9.17) is 8.92 Å². The summed E-state index contributed by atoms with van der Waals surface area (Å²) in [6, 6.07) is 0.525. The molecule has 3 nitrogen and oxygen atoms in total. The lowest BCUT2D eigenvalue weighted by Crippen LogP contribution is -2.28. The van der Waals surface area contributed by atoms with E-state index in [-0.39, 0.29) is 0 Å². The van der Waals surface area contributed by atoms with Gasteiger partial charge < -0.3 is 8.92 Å². The number of halogens is 1. The summed E-state index contributed by atoms with van der Waals surface area (Å²) in [4.78, 5) is 2.29. The van der Waals surface area contributed by atoms with Gasteiger partial charge in [0.2, 0.25) is 0 Å². The van der Waals surface area contributed by atoms with Gasteiger partial charge in [-0.15, -0.1) is 0 Å². The van der Waals surface area contributed by atoms with Crippen molar-refractivity contribution in [2.24, 2.45) is 0 Å². The van der Waals surface area contributed by atoms with Crippen LogP contribution in [-0.4, -0.2) is 44.4 Å². The van der Waals surface area contributed by atoms with E-state index < -0.39 is 0 Å². The molecule has 5 heteroatoms. The SMILES string of the molecule is COC1CC(COSI)N(C)C1. The van der Waals surface area contributed by atoms with Crippen molar-refractivity contribution in [2.45, 2.75) is 18.6 Å². The first-order chi connectivity index (χ1) is 5.77. The van der Waals surface area contributed by atoms with Gasteiger partial charge in [0.15, 0.2) is 0 Å². The van der Waals surface area contributed by atoms with Crippen molar-refractivity contribution in [1.29, 1.82) is 0 Å². The molecule has 1 rings (SSSR count). The Balaban J connectivity index is 2.25. The molecule has 0 amide bonds. The van der Waals surface area contributed by atoms with Gasteiger partial charge in [0.05, 0.1) is 21.9 Å². The van der Waals surface area contributed by atoms with Crippen molar-refractivity contribution in [1.82, 2.24) is 4.90 Å². The Morgan fingerprint density at radius 1 is 1.67 bits per heavy atom. The van der Waals surface area contributed by atoms with Gasteiger partial charge in [-0.05, 0) is 13.5 Å². The largest absolute Gasteiger partial charge is 0.380 e. The smallest absolute Gasteiger partial charge is 0.0779 e. The second kappa shape index (κ2) is 5.64. The fraction of sp³-hybridized carbons (Fsp3) is 1.00. The van der Waals surface area contributed by atoms with Crippen molar-refractivity contribution in [3.05, 3.63) is 0 Å². The lowest BCUT2D eigenvalue weighted by molar-refractivity contribution is 0.111. The lowest BCUT2D eigenvalue weighted by atomic mass is 10.2. The van der Waals surface area contributed by atoms with Gasteiger partial charge in [0, 0.05) is 40.9 Å². The number of methoxy groups -OCH3 is 1. The first kappa shape index (κ1) is 11.0. The van der Waals surface area contributed by atoms with Crippen LogP contribution >= 0.6 is 30.4 Å². The van der Waals surface area contributed by atoms with Crippen LogP contribution in [0.1, 0.15) is 6.42 Å². The summed E-state index contributed by atoms with van der Waals surface area (Å²) >= 11 is 2.14. The maximum Gasteiger partial charge on any atom is 0.0779 e. The highest BCUT2D eigenvalue weighted by atomic mass is 127. The molecule has 0 aromatic carbocycles. The molecule has 0 bridgehead atoms. The molecule has 0 aromatic heterocycles. The second-order valence-corrected chi connectivity index (χ2v) is 4.47. The van der Waals surface area contributed by atoms with Gasteiger partial charge in [-0.25, -0.2) is 0 Å². The highest BCUT2D eigenvalue weighted by molar-refractivity contribution is 14.2. The van der Waals surface area contributed by atoms with Gasteiger partial charge in [0.25, 0.3) is 0 Å². The predicted molar refractivity (Wildman–Crippen MR) is 59.4 cm³/mol. The minimum Gasteiger partial charge on any atom is -0.380 e. The van der Waals surface area contributed by atoms with Crippen LogP contribution in [0.2, 0.25) is 0 Å². The van der Waals surface area contributed by atoms with Crippen LogP contribution in [0.3, 0.4) is 0 Å². The van der Waals surface area contributed by atoms with Crippen LogP contribution in [0.5, 0.6) is 0 Å². The highest BCUT2D eigenvalue weighted by Gasteiger charge is 2.29. The normalized spacial score (nSPS) is 31.2. The molecule has 1 saturated heterocycles. The molecule has 1 heterocycles. The Hall–Kier alpha value is 0.960. The number of nitrogens with zero attached hydrogens (tertiary/aromatic N) is 1. The Kier molecular flexibility index (Phi) is 5.19. The average Bonchev–Trinajstić information content (AvgIpc) is 2.43. The maximum atomic E-state index is 5.29. The third-order valence-electron chi connectivity index (χ3n) is 2.29. The van der Waals surface area contributed by atoms with E-state index >= 15 is 0 Å². The van der Waals surface area contributed by atoms with Crippen molar-refractivity contribution < 1.29 is 8.92 Å². The van der Waals surface area contributed by atoms with E-state index in [1.807, 2.05) is 0 Å². The monoisotopic (exact) mass is 303 g/mol. The van der Waals surface area contributed by atoms with Crippen LogP contribution in [0.15, 0.2) is 0 Å². The minimum atomic E-state index is 0.391. The van der Waals surface area contributed by atoms with Gasteiger partial charge in [-0.2, -0.15) is 0 Å². The molecule has 12 heavy (non-hydrogen) atoms. The Labute approximate surface area is 90.0 Å². The Morgan fingerprint density at radius 2 is 2.42 bits per heavy atom. The molecule has 0 aliphatic carbocycles. The molecular weight excluding hydrogens is 289 g/mol. The summed E-state index contributed by atoms with van der Waals surface area (Å²) < 4.78 is 10.6. The Bertz CT molecular complexity index is 139. The predicted octanol–water partition coefficient (Wildman–Crippen LogP) is 1.72. The number of hydrogen-bond acceptors (Lipinski definition) is 4. The molecule has 0 radical (unpaired) electrons.